The van der Waals surface area contributed by atoms with Crippen molar-refractivity contribution in [3.63, 3.8) is 0 Å². The summed E-state index contributed by atoms with van der Waals surface area (Å²) in [7, 11) is 1.48. The van der Waals surface area contributed by atoms with Crippen LogP contribution in [0.2, 0.25) is 0 Å². The molecule has 0 bridgehead atoms. The number of halogens is 3. The Morgan fingerprint density at radius 3 is 1.84 bits per heavy atom. The highest BCUT2D eigenvalue weighted by atomic mass is 32.2. The van der Waals surface area contributed by atoms with Crippen molar-refractivity contribution in [1.82, 2.24) is 15.0 Å². The summed E-state index contributed by atoms with van der Waals surface area (Å²) in [5.74, 6) is 0. The van der Waals surface area contributed by atoms with Crippen LogP contribution in [0, 0.1) is 0 Å². The predicted octanol–water partition coefficient (Wildman–Crippen LogP) is 7.80. The highest BCUT2D eigenvalue weighted by Gasteiger charge is 2.30. The molecule has 4 nitrogen and oxygen atoms in total. The highest BCUT2D eigenvalue weighted by molar-refractivity contribution is 7.99. The number of rotatable bonds is 4. The lowest BCUT2D eigenvalue weighted by atomic mass is 10.1. The molecule has 0 unspecified atom stereocenters. The monoisotopic (exact) mass is 453 g/mol. The maximum absolute atomic E-state index is 12.7. The van der Waals surface area contributed by atoms with Gasteiger partial charge in [0.25, 0.3) is 0 Å². The molecule has 0 atom stereocenters. The van der Waals surface area contributed by atoms with Crippen LogP contribution in [0.5, 0.6) is 6.01 Å². The van der Waals surface area contributed by atoms with Crippen molar-refractivity contribution in [2.24, 2.45) is 0 Å². The van der Waals surface area contributed by atoms with Crippen molar-refractivity contribution < 1.29 is 17.9 Å². The number of methoxy groups -OCH3 is 1. The van der Waals surface area contributed by atoms with Gasteiger partial charge in [-0.25, -0.2) is 15.0 Å². The van der Waals surface area contributed by atoms with E-state index in [9.17, 15) is 13.2 Å². The fraction of sp³-hybridized carbons (Fsp3) is 0.348. The van der Waals surface area contributed by atoms with Gasteiger partial charge in [-0.2, -0.15) is 13.2 Å². The van der Waals surface area contributed by atoms with Crippen molar-refractivity contribution in [1.29, 1.82) is 0 Å². The molecule has 2 heterocycles. The van der Waals surface area contributed by atoms with Crippen LogP contribution in [0.4, 0.5) is 13.2 Å². The summed E-state index contributed by atoms with van der Waals surface area (Å²) in [6, 6.07) is 8.85. The van der Waals surface area contributed by atoms with Crippen molar-refractivity contribution in [3.05, 3.63) is 60.6 Å². The van der Waals surface area contributed by atoms with E-state index >= 15 is 0 Å². The zero-order chi connectivity index (χ0) is 23.9. The summed E-state index contributed by atoms with van der Waals surface area (Å²) in [5, 5.41) is 0.649. The average Bonchev–Trinajstić information content (AvgIpc) is 2.83. The van der Waals surface area contributed by atoms with Crippen LogP contribution in [-0.2, 0) is 6.18 Å². The number of benzene rings is 1. The van der Waals surface area contributed by atoms with Crippen LogP contribution in [0.3, 0.4) is 0 Å². The fourth-order valence-corrected chi connectivity index (χ4v) is 2.98. The molecule has 2 aromatic heterocycles. The maximum atomic E-state index is 12.7. The second-order valence-electron chi connectivity index (χ2n) is 4.94. The Balaban J connectivity index is 0.00000138. The van der Waals surface area contributed by atoms with E-state index < -0.39 is 11.7 Å². The molecule has 0 amide bonds. The van der Waals surface area contributed by atoms with Crippen molar-refractivity contribution in [2.75, 3.05) is 7.11 Å². The van der Waals surface area contributed by atoms with Crippen molar-refractivity contribution in [2.45, 2.75) is 57.6 Å². The highest BCUT2D eigenvalue weighted by Crippen LogP contribution is 2.36. The van der Waals surface area contributed by atoms with E-state index in [1.54, 1.807) is 24.7 Å². The van der Waals surface area contributed by atoms with E-state index in [2.05, 4.69) is 15.0 Å². The molecule has 0 saturated heterocycles. The normalized spacial score (nSPS) is 9.74. The van der Waals surface area contributed by atoms with E-state index in [4.69, 9.17) is 4.74 Å². The van der Waals surface area contributed by atoms with Gasteiger partial charge < -0.3 is 4.74 Å². The minimum atomic E-state index is -4.35. The van der Waals surface area contributed by atoms with Gasteiger partial charge in [-0.3, -0.25) is 0 Å². The Hall–Kier alpha value is -2.61. The summed E-state index contributed by atoms with van der Waals surface area (Å²) in [6.07, 6.45) is 0.499. The molecule has 0 aliphatic heterocycles. The molecule has 0 radical (unpaired) electrons. The molecular weight excluding hydrogens is 423 g/mol. The summed E-state index contributed by atoms with van der Waals surface area (Å²) < 4.78 is 42.9. The average molecular weight is 454 g/mol. The molecule has 0 saturated carbocycles. The summed E-state index contributed by atoms with van der Waals surface area (Å²) in [6.45, 7) is 12.0. The van der Waals surface area contributed by atoms with Crippen molar-refractivity contribution in [3.8, 4) is 17.1 Å². The van der Waals surface area contributed by atoms with Crippen LogP contribution in [0.25, 0.3) is 11.1 Å². The van der Waals surface area contributed by atoms with Gasteiger partial charge >= 0.3 is 12.2 Å². The lowest BCUT2D eigenvalue weighted by molar-refractivity contribution is -0.137. The molecule has 0 aliphatic rings. The number of hydrogen-bond acceptors (Lipinski definition) is 5. The maximum Gasteiger partial charge on any atom is 0.416 e. The van der Waals surface area contributed by atoms with Crippen LogP contribution in [0.1, 0.15) is 47.1 Å². The Kier molecular flexibility index (Phi) is 13.9. The standard InChI is InChI=1S/C17H12F3N3OS.3C2H6/c1-24-16-22-9-11(10-23-16)14-3-2-8-21-15(14)25-13-6-4-12(5-7-13)17(18,19)20;3*1-2/h2-10H,1H3;3*1-2H3. The predicted molar refractivity (Wildman–Crippen MR) is 121 cm³/mol. The molecule has 3 rings (SSSR count). The van der Waals surface area contributed by atoms with Crippen LogP contribution in [-0.4, -0.2) is 22.1 Å². The molecule has 31 heavy (non-hydrogen) atoms. The minimum absolute atomic E-state index is 0.254. The van der Waals surface area contributed by atoms with Gasteiger partial charge in [0.05, 0.1) is 12.7 Å². The quantitative estimate of drug-likeness (QED) is 0.403. The van der Waals surface area contributed by atoms with Gasteiger partial charge in [-0.15, -0.1) is 0 Å². The molecule has 0 aliphatic carbocycles. The molecule has 170 valence electrons. The largest absolute Gasteiger partial charge is 0.467 e. The van der Waals surface area contributed by atoms with Gasteiger partial charge in [-0.1, -0.05) is 59.4 Å². The zero-order valence-electron chi connectivity index (χ0n) is 19.0. The Bertz CT molecular complexity index is 855. The number of ether oxygens (including phenoxy) is 1. The Morgan fingerprint density at radius 1 is 0.806 bits per heavy atom. The molecule has 0 fully saturated rings. The fourth-order valence-electron chi connectivity index (χ4n) is 2.08. The lowest BCUT2D eigenvalue weighted by Gasteiger charge is -2.10. The third-order valence-corrected chi connectivity index (χ3v) is 4.32. The number of aromatic nitrogens is 3. The summed E-state index contributed by atoms with van der Waals surface area (Å²) in [4.78, 5) is 13.1. The SMILES string of the molecule is CC.CC.CC.COc1ncc(-c2cccnc2Sc2ccc(C(F)(F)F)cc2)cn1. The molecule has 1 aromatic carbocycles. The number of alkyl halides is 3. The van der Waals surface area contributed by atoms with Crippen molar-refractivity contribution >= 4 is 11.8 Å². The van der Waals surface area contributed by atoms with E-state index in [-0.39, 0.29) is 6.01 Å². The Labute approximate surface area is 187 Å². The summed E-state index contributed by atoms with van der Waals surface area (Å²) in [5.41, 5.74) is 0.847. The second-order valence-corrected chi connectivity index (χ2v) is 6.00. The molecule has 8 heteroatoms. The smallest absolute Gasteiger partial charge is 0.416 e. The van der Waals surface area contributed by atoms with Gasteiger partial charge in [0.15, 0.2) is 0 Å². The first kappa shape index (κ1) is 28.4. The number of nitrogens with zero attached hydrogens (tertiary/aromatic N) is 3. The Morgan fingerprint density at radius 2 is 1.35 bits per heavy atom. The lowest BCUT2D eigenvalue weighted by Crippen LogP contribution is -2.03. The number of pyridine rings is 1. The van der Waals surface area contributed by atoms with Crippen LogP contribution >= 0.6 is 11.8 Å². The first-order chi connectivity index (χ1) is 15.0. The summed E-state index contributed by atoms with van der Waals surface area (Å²) >= 11 is 1.27. The van der Waals surface area contributed by atoms with Crippen LogP contribution < -0.4 is 4.74 Å². The number of hydrogen-bond donors (Lipinski definition) is 0. The molecule has 0 spiro atoms. The first-order valence-electron chi connectivity index (χ1n) is 10.1. The van der Waals surface area contributed by atoms with Gasteiger partial charge in [0.2, 0.25) is 0 Å². The third-order valence-electron chi connectivity index (χ3n) is 3.29. The minimum Gasteiger partial charge on any atom is -0.467 e. The van der Waals surface area contributed by atoms with E-state index in [0.29, 0.717) is 9.92 Å². The van der Waals surface area contributed by atoms with Crippen LogP contribution in [0.15, 0.2) is 64.9 Å². The molecule has 0 N–H and O–H groups in total. The first-order valence-corrected chi connectivity index (χ1v) is 11.0. The third kappa shape index (κ3) is 8.96. The zero-order valence-corrected chi connectivity index (χ0v) is 19.8. The van der Waals surface area contributed by atoms with Gasteiger partial charge in [-0.05, 0) is 30.3 Å². The topological polar surface area (TPSA) is 47.9 Å². The van der Waals surface area contributed by atoms with Gasteiger partial charge in [0.1, 0.15) is 5.03 Å². The van der Waals surface area contributed by atoms with E-state index in [0.717, 1.165) is 23.3 Å². The second kappa shape index (κ2) is 15.2. The molecular formula is C23H30F3N3OS. The van der Waals surface area contributed by atoms with E-state index in [1.165, 1.54) is 31.0 Å². The van der Waals surface area contributed by atoms with Gasteiger partial charge in [0, 0.05) is 34.6 Å². The molecule has 3 aromatic rings. The van der Waals surface area contributed by atoms with E-state index in [1.807, 2.05) is 47.6 Å².